The molecular weight excluding hydrogens is 231 g/mol. The first kappa shape index (κ1) is 12.7. The van der Waals surface area contributed by atoms with E-state index in [1.807, 2.05) is 0 Å². The lowest BCUT2D eigenvalue weighted by Gasteiger charge is -2.03. The summed E-state index contributed by atoms with van der Waals surface area (Å²) in [6.07, 6.45) is 0.431. The molecule has 0 saturated heterocycles. The van der Waals surface area contributed by atoms with Gasteiger partial charge >= 0.3 is 5.97 Å². The van der Waals surface area contributed by atoms with E-state index in [0.29, 0.717) is 6.08 Å². The zero-order valence-electron chi connectivity index (χ0n) is 8.81. The van der Waals surface area contributed by atoms with E-state index in [1.165, 1.54) is 13.2 Å². The van der Waals surface area contributed by atoms with E-state index in [0.717, 1.165) is 12.1 Å². The van der Waals surface area contributed by atoms with Gasteiger partial charge in [0.1, 0.15) is 11.6 Å². The molecule has 0 aliphatic carbocycles. The van der Waals surface area contributed by atoms with Gasteiger partial charge in [-0.15, -0.1) is 0 Å². The van der Waals surface area contributed by atoms with Gasteiger partial charge in [-0.2, -0.15) is 0 Å². The van der Waals surface area contributed by atoms with Crippen molar-refractivity contribution >= 4 is 11.8 Å². The average molecular weight is 240 g/mol. The second kappa shape index (κ2) is 5.11. The predicted octanol–water partition coefficient (Wildman–Crippen LogP) is 1.54. The fourth-order valence-corrected chi connectivity index (χ4v) is 1.08. The molecule has 0 fully saturated rings. The zero-order chi connectivity index (χ0) is 13.0. The maximum absolute atomic E-state index is 13.3. The number of benzene rings is 1. The molecule has 90 valence electrons. The SMILES string of the molecule is COc1ccc(F)c(C(=O)/C=C(\O)C(=O)O)c1. The normalized spacial score (nSPS) is 11.1. The number of aliphatic hydroxyl groups is 1. The lowest BCUT2D eigenvalue weighted by atomic mass is 10.1. The minimum absolute atomic E-state index is 0.248. The van der Waals surface area contributed by atoms with Crippen molar-refractivity contribution in [2.24, 2.45) is 0 Å². The van der Waals surface area contributed by atoms with Crippen LogP contribution in [0.3, 0.4) is 0 Å². The molecule has 0 amide bonds. The summed E-state index contributed by atoms with van der Waals surface area (Å²) in [7, 11) is 1.34. The van der Waals surface area contributed by atoms with Gasteiger partial charge in [0.15, 0.2) is 5.78 Å². The highest BCUT2D eigenvalue weighted by Crippen LogP contribution is 2.17. The third-order valence-corrected chi connectivity index (χ3v) is 1.93. The maximum Gasteiger partial charge on any atom is 0.371 e. The second-order valence-corrected chi connectivity index (χ2v) is 3.04. The number of ketones is 1. The molecule has 0 aliphatic rings. The molecule has 1 aromatic rings. The summed E-state index contributed by atoms with van der Waals surface area (Å²) >= 11 is 0. The van der Waals surface area contributed by atoms with Gasteiger partial charge in [0, 0.05) is 6.08 Å². The number of allylic oxidation sites excluding steroid dienone is 1. The summed E-state index contributed by atoms with van der Waals surface area (Å²) in [6.45, 7) is 0. The summed E-state index contributed by atoms with van der Waals surface area (Å²) in [5.41, 5.74) is -0.378. The number of carboxylic acid groups (broad SMARTS) is 1. The molecule has 0 atom stereocenters. The first-order valence-corrected chi connectivity index (χ1v) is 4.47. The summed E-state index contributed by atoms with van der Waals surface area (Å²) in [4.78, 5) is 21.7. The van der Waals surface area contributed by atoms with Gasteiger partial charge < -0.3 is 14.9 Å². The predicted molar refractivity (Wildman–Crippen MR) is 55.6 cm³/mol. The van der Waals surface area contributed by atoms with Crippen molar-refractivity contribution < 1.29 is 28.9 Å². The number of aliphatic hydroxyl groups excluding tert-OH is 1. The molecule has 6 heteroatoms. The maximum atomic E-state index is 13.3. The lowest BCUT2D eigenvalue weighted by molar-refractivity contribution is -0.135. The van der Waals surface area contributed by atoms with Crippen LogP contribution in [0.4, 0.5) is 4.39 Å². The largest absolute Gasteiger partial charge is 0.502 e. The van der Waals surface area contributed by atoms with Crippen LogP contribution >= 0.6 is 0 Å². The van der Waals surface area contributed by atoms with Crippen LogP contribution in [0.15, 0.2) is 30.0 Å². The first-order valence-electron chi connectivity index (χ1n) is 4.47. The molecule has 1 rings (SSSR count). The fourth-order valence-electron chi connectivity index (χ4n) is 1.08. The van der Waals surface area contributed by atoms with E-state index >= 15 is 0 Å². The van der Waals surface area contributed by atoms with Crippen molar-refractivity contribution in [3.8, 4) is 5.75 Å². The van der Waals surface area contributed by atoms with Gasteiger partial charge in [-0.3, -0.25) is 4.79 Å². The number of hydrogen-bond acceptors (Lipinski definition) is 4. The Morgan fingerprint density at radius 3 is 2.53 bits per heavy atom. The number of rotatable bonds is 4. The molecule has 1 aromatic carbocycles. The molecule has 0 aliphatic heterocycles. The Bertz CT molecular complexity index is 493. The Labute approximate surface area is 95.8 Å². The lowest BCUT2D eigenvalue weighted by Crippen LogP contribution is -2.05. The minimum atomic E-state index is -1.67. The zero-order valence-corrected chi connectivity index (χ0v) is 8.81. The number of carbonyl (C=O) groups excluding carboxylic acids is 1. The van der Waals surface area contributed by atoms with Gasteiger partial charge in [0.05, 0.1) is 12.7 Å². The van der Waals surface area contributed by atoms with Crippen LogP contribution in [-0.2, 0) is 4.79 Å². The highest BCUT2D eigenvalue weighted by atomic mass is 19.1. The van der Waals surface area contributed by atoms with E-state index in [9.17, 15) is 14.0 Å². The van der Waals surface area contributed by atoms with Gasteiger partial charge in [-0.25, -0.2) is 9.18 Å². The van der Waals surface area contributed by atoms with E-state index < -0.39 is 23.3 Å². The van der Waals surface area contributed by atoms with Crippen molar-refractivity contribution in [1.82, 2.24) is 0 Å². The number of carboxylic acids is 1. The van der Waals surface area contributed by atoms with E-state index in [2.05, 4.69) is 0 Å². The summed E-state index contributed by atoms with van der Waals surface area (Å²) < 4.78 is 18.1. The molecule has 5 nitrogen and oxygen atoms in total. The Hall–Kier alpha value is -2.37. The number of ether oxygens (including phenoxy) is 1. The first-order chi connectivity index (χ1) is 7.95. The smallest absolute Gasteiger partial charge is 0.371 e. The quantitative estimate of drug-likeness (QED) is 0.474. The van der Waals surface area contributed by atoms with Crippen LogP contribution in [-0.4, -0.2) is 29.1 Å². The topological polar surface area (TPSA) is 83.8 Å². The van der Waals surface area contributed by atoms with Crippen molar-refractivity contribution in [3.63, 3.8) is 0 Å². The number of halogens is 1. The molecule has 0 heterocycles. The van der Waals surface area contributed by atoms with Gasteiger partial charge in [-0.1, -0.05) is 0 Å². The van der Waals surface area contributed by atoms with Gasteiger partial charge in [-0.05, 0) is 18.2 Å². The van der Waals surface area contributed by atoms with E-state index in [1.54, 1.807) is 0 Å². The van der Waals surface area contributed by atoms with Gasteiger partial charge in [0.25, 0.3) is 0 Å². The van der Waals surface area contributed by atoms with Crippen molar-refractivity contribution in [2.45, 2.75) is 0 Å². The Morgan fingerprint density at radius 2 is 2.00 bits per heavy atom. The van der Waals surface area contributed by atoms with Crippen LogP contribution in [0.1, 0.15) is 10.4 Å². The van der Waals surface area contributed by atoms with Crippen LogP contribution in [0, 0.1) is 5.82 Å². The van der Waals surface area contributed by atoms with Crippen LogP contribution in [0.25, 0.3) is 0 Å². The van der Waals surface area contributed by atoms with Crippen LogP contribution in [0.5, 0.6) is 5.75 Å². The number of methoxy groups -OCH3 is 1. The Morgan fingerprint density at radius 1 is 1.35 bits per heavy atom. The number of aliphatic carboxylic acids is 1. The molecule has 2 N–H and O–H groups in total. The molecule has 17 heavy (non-hydrogen) atoms. The highest BCUT2D eigenvalue weighted by molar-refractivity contribution is 6.08. The third kappa shape index (κ3) is 3.04. The molecule has 0 bridgehead atoms. The van der Waals surface area contributed by atoms with Crippen LogP contribution < -0.4 is 4.74 Å². The second-order valence-electron chi connectivity index (χ2n) is 3.04. The van der Waals surface area contributed by atoms with Gasteiger partial charge in [0.2, 0.25) is 5.76 Å². The van der Waals surface area contributed by atoms with Crippen molar-refractivity contribution in [1.29, 1.82) is 0 Å². The molecule has 0 aromatic heterocycles. The summed E-state index contributed by atoms with van der Waals surface area (Å²) in [5.74, 6) is -4.36. The molecular formula is C11H9FO5. The Balaban J connectivity index is 3.12. The summed E-state index contributed by atoms with van der Waals surface area (Å²) in [5, 5.41) is 17.2. The number of carbonyl (C=O) groups is 2. The van der Waals surface area contributed by atoms with E-state index in [4.69, 9.17) is 14.9 Å². The van der Waals surface area contributed by atoms with E-state index in [-0.39, 0.29) is 11.3 Å². The highest BCUT2D eigenvalue weighted by Gasteiger charge is 2.14. The molecule has 0 spiro atoms. The molecule has 0 unspecified atom stereocenters. The molecule has 0 radical (unpaired) electrons. The standard InChI is InChI=1S/C11H9FO5/c1-17-6-2-3-8(12)7(4-6)9(13)5-10(14)11(15)16/h2-5,14H,1H3,(H,15,16)/b10-5-. The van der Waals surface area contributed by atoms with Crippen LogP contribution in [0.2, 0.25) is 0 Å². The summed E-state index contributed by atoms with van der Waals surface area (Å²) in [6, 6.07) is 3.44. The molecule has 0 saturated carbocycles. The van der Waals surface area contributed by atoms with Crippen molar-refractivity contribution in [3.05, 3.63) is 41.4 Å². The Kier molecular flexibility index (Phi) is 3.82. The fraction of sp³-hybridized carbons (Fsp3) is 0.0909. The minimum Gasteiger partial charge on any atom is -0.502 e. The third-order valence-electron chi connectivity index (χ3n) is 1.93. The monoisotopic (exact) mass is 240 g/mol. The average Bonchev–Trinajstić information content (AvgIpc) is 2.29. The van der Waals surface area contributed by atoms with Crippen molar-refractivity contribution in [2.75, 3.05) is 7.11 Å². The number of hydrogen-bond donors (Lipinski definition) is 2.